The molecule has 3 aliphatic rings. The summed E-state index contributed by atoms with van der Waals surface area (Å²) in [5.41, 5.74) is 13.2. The molecule has 0 radical (unpaired) electrons. The van der Waals surface area contributed by atoms with Crippen molar-refractivity contribution < 1.29 is 68.4 Å². The van der Waals surface area contributed by atoms with Crippen molar-refractivity contribution in [2.24, 2.45) is 11.5 Å². The van der Waals surface area contributed by atoms with Crippen LogP contribution in [0.5, 0.6) is 5.75 Å². The molecule has 32 nitrogen and oxygen atoms in total. The number of aliphatic carboxylic acids is 1. The number of H-pyrrole nitrogens is 1. The van der Waals surface area contributed by atoms with Gasteiger partial charge in [-0.2, -0.15) is 0 Å². The fourth-order valence-electron chi connectivity index (χ4n) is 11.6. The van der Waals surface area contributed by atoms with Crippen molar-refractivity contribution in [3.8, 4) is 5.75 Å². The number of hydrogen-bond donors (Lipinski definition) is 22. The number of nitrogens with two attached hydrogens (primary N) is 2. The number of rotatable bonds is 23. The normalized spacial score (nSPS) is 25.0. The minimum atomic E-state index is -1.88. The van der Waals surface area contributed by atoms with E-state index in [0.717, 1.165) is 28.5 Å². The van der Waals surface area contributed by atoms with Gasteiger partial charge in [-0.1, -0.05) is 82.3 Å². The summed E-state index contributed by atoms with van der Waals surface area (Å²) < 4.78 is 0. The van der Waals surface area contributed by atoms with Crippen LogP contribution in [-0.4, -0.2) is 240 Å². The number of unbranched alkanes of at least 4 members (excludes halogenated alkanes) is 1. The first-order chi connectivity index (χ1) is 47.9. The van der Waals surface area contributed by atoms with E-state index in [4.69, 9.17) is 11.5 Å². The number of fused-ring (bicyclic) bond motifs is 6. The van der Waals surface area contributed by atoms with E-state index in [-0.39, 0.29) is 75.3 Å². The summed E-state index contributed by atoms with van der Waals surface area (Å²) in [5, 5.41) is 87.2. The summed E-state index contributed by atoms with van der Waals surface area (Å²) in [6.07, 6.45) is -1.81. The molecule has 0 spiro atoms. The quantitative estimate of drug-likeness (QED) is 0.0245. The molecule has 548 valence electrons. The van der Waals surface area contributed by atoms with Crippen LogP contribution < -0.4 is 91.2 Å². The number of carbonyl (C=O) groups is 10. The Morgan fingerprint density at radius 1 is 0.630 bits per heavy atom. The lowest BCUT2D eigenvalue weighted by atomic mass is 10.0. The minimum Gasteiger partial charge on any atom is -0.508 e. The van der Waals surface area contributed by atoms with Gasteiger partial charge in [0.05, 0.1) is 17.9 Å². The molecule has 7 rings (SSSR count). The van der Waals surface area contributed by atoms with Gasteiger partial charge in [-0.05, 0) is 81.0 Å². The van der Waals surface area contributed by atoms with Crippen molar-refractivity contribution in [2.75, 3.05) is 83.5 Å². The molecule has 2 bridgehead atoms. The van der Waals surface area contributed by atoms with E-state index in [1.54, 1.807) is 60.8 Å². The molecule has 0 aliphatic carbocycles. The van der Waals surface area contributed by atoms with Crippen molar-refractivity contribution in [3.63, 3.8) is 0 Å². The van der Waals surface area contributed by atoms with E-state index in [0.29, 0.717) is 99.5 Å². The Kier molecular flexibility index (Phi) is 31.6. The lowest BCUT2D eigenvalue weighted by Crippen LogP contribution is -2.72. The van der Waals surface area contributed by atoms with Gasteiger partial charge in [0.25, 0.3) is 0 Å². The second-order valence-corrected chi connectivity index (χ2v) is 27.9. The van der Waals surface area contributed by atoms with Crippen LogP contribution in [0.3, 0.4) is 0 Å². The second-order valence-electron chi connectivity index (χ2n) is 25.4. The highest BCUT2D eigenvalue weighted by Crippen LogP contribution is 2.25. The molecule has 4 heterocycles. The molecule has 10 atom stereocenters. The van der Waals surface area contributed by atoms with Crippen LogP contribution in [0.1, 0.15) is 69.1 Å². The third-order valence-electron chi connectivity index (χ3n) is 17.1. The number of phenols is 1. The molecule has 9 amide bonds. The molecule has 3 aromatic carbocycles. The molecule has 1 aromatic heterocycles. The Balaban J connectivity index is 1.20. The average Bonchev–Trinajstić information content (AvgIpc) is 1.63. The van der Waals surface area contributed by atoms with Gasteiger partial charge in [0.2, 0.25) is 53.2 Å². The molecule has 34 heteroatoms. The fraction of sp³-hybridized carbons (Fsp3) is 0.545. The number of carboxylic acids is 1. The highest BCUT2D eigenvalue weighted by molar-refractivity contribution is 8.76. The molecule has 100 heavy (non-hydrogen) atoms. The number of para-hydroxylation sites is 1. The monoisotopic (exact) mass is 1430 g/mol. The average molecular weight is 1430 g/mol. The van der Waals surface area contributed by atoms with Crippen LogP contribution in [0.4, 0.5) is 0 Å². The number of amides is 9. The van der Waals surface area contributed by atoms with Gasteiger partial charge in [-0.3, -0.25) is 53.8 Å². The first-order valence-corrected chi connectivity index (χ1v) is 36.2. The Hall–Kier alpha value is -8.00. The number of benzene rings is 3. The summed E-state index contributed by atoms with van der Waals surface area (Å²) in [6.45, 7) is 7.62. The van der Waals surface area contributed by atoms with Gasteiger partial charge in [-0.15, -0.1) is 0 Å². The Labute approximate surface area is 588 Å². The predicted octanol–water partition coefficient (Wildman–Crippen LogP) is -4.65. The third kappa shape index (κ3) is 25.3. The van der Waals surface area contributed by atoms with Crippen LogP contribution >= 0.6 is 21.6 Å². The van der Waals surface area contributed by atoms with Crippen LogP contribution in [0.25, 0.3) is 10.9 Å². The minimum absolute atomic E-state index is 0.0608. The highest BCUT2D eigenvalue weighted by atomic mass is 33.1. The molecular weight excluding hydrogens is 1330 g/mol. The number of aliphatic hydroxyl groups excluding tert-OH is 2. The zero-order valence-electron chi connectivity index (χ0n) is 56.3. The van der Waals surface area contributed by atoms with Crippen molar-refractivity contribution in [1.82, 2.24) is 84.7 Å². The van der Waals surface area contributed by atoms with Crippen molar-refractivity contribution >= 4 is 91.6 Å². The smallest absolute Gasteiger partial charge is 0.328 e. The number of aromatic amines is 1. The van der Waals surface area contributed by atoms with Crippen LogP contribution in [-0.2, 0) is 67.2 Å². The van der Waals surface area contributed by atoms with E-state index in [1.807, 2.05) is 0 Å². The van der Waals surface area contributed by atoms with E-state index in [9.17, 15) is 54.0 Å². The number of aromatic nitrogens is 1. The van der Waals surface area contributed by atoms with Gasteiger partial charge < -0.3 is 106 Å². The van der Waals surface area contributed by atoms with Gasteiger partial charge in [0, 0.05) is 126 Å². The maximum Gasteiger partial charge on any atom is 0.328 e. The van der Waals surface area contributed by atoms with Gasteiger partial charge in [-0.25, -0.2) is 4.79 Å². The Morgan fingerprint density at radius 2 is 1.23 bits per heavy atom. The van der Waals surface area contributed by atoms with Crippen LogP contribution in [0.15, 0.2) is 85.1 Å². The summed E-state index contributed by atoms with van der Waals surface area (Å²) in [4.78, 5) is 147. The lowest BCUT2D eigenvalue weighted by molar-refractivity contribution is -0.145. The standard InChI is InChI=1S/C66H98N18O14S2/c1-39(85)55-63(96)81-52(62(95)83-56(40(2)86)64(97)98)34-100-99-33-51(61(94)78-49(30-42-18-20-44(87)21-19-42)59(92)79-50(31-43-32-73-46-14-7-6-13-45(43)46)60(93)77-47(57(90)82-55)15-8-9-22-67)80-58(91)48(29-41-11-4-3-5-12-41)76-53(88)16-10-17-54(89)84-66-37-71-25-23-69-35-65(68,74-27-28-75-66)36-70-24-26-72-38-66/h3-7,11-14,18-21,32,39-40,47-52,55-56,69-75,85-87H,8-10,15-17,22-31,33-38,67-68H2,1-2H3,(H,76,88)(H,77,93)(H,78,94)(H,79,92)(H,80,91)(H,81,96)(H,82,90)(H,83,95)(H,84,89)(H,97,98)/t39?,40?,47?,48?,49?,50?,51-,52?,55?,56?,65?,66?/m0/s1. The number of aromatic hydroxyl groups is 1. The predicted molar refractivity (Wildman–Crippen MR) is 377 cm³/mol. The summed E-state index contributed by atoms with van der Waals surface area (Å²) in [7, 11) is 1.75. The van der Waals surface area contributed by atoms with Crippen molar-refractivity contribution in [1.29, 1.82) is 0 Å². The number of hydrogen-bond acceptors (Lipinski definition) is 23. The molecule has 3 fully saturated rings. The van der Waals surface area contributed by atoms with E-state index < -0.39 is 131 Å². The zero-order valence-corrected chi connectivity index (χ0v) is 57.9. The fourth-order valence-corrected chi connectivity index (χ4v) is 13.9. The number of phenolic OH excluding ortho intramolecular Hbond substituents is 1. The summed E-state index contributed by atoms with van der Waals surface area (Å²) in [5.74, 6) is -10.3. The second kappa shape index (κ2) is 39.9. The number of carbonyl (C=O) groups excluding carboxylic acids is 9. The van der Waals surface area contributed by atoms with Gasteiger partial charge >= 0.3 is 5.97 Å². The maximum absolute atomic E-state index is 15.2. The summed E-state index contributed by atoms with van der Waals surface area (Å²) >= 11 is 0. The topological polar surface area (TPSA) is 500 Å². The molecule has 3 aliphatic heterocycles. The van der Waals surface area contributed by atoms with E-state index in [2.05, 4.69) is 84.7 Å². The molecule has 0 saturated carbocycles. The molecule has 4 aromatic rings. The largest absolute Gasteiger partial charge is 0.508 e. The Bertz CT molecular complexity index is 3360. The van der Waals surface area contributed by atoms with Gasteiger partial charge in [0.1, 0.15) is 53.7 Å². The number of aliphatic hydroxyl groups is 2. The van der Waals surface area contributed by atoms with E-state index in [1.165, 1.54) is 31.2 Å². The van der Waals surface area contributed by atoms with Crippen LogP contribution in [0, 0.1) is 0 Å². The van der Waals surface area contributed by atoms with Crippen LogP contribution in [0.2, 0.25) is 0 Å². The third-order valence-corrected chi connectivity index (χ3v) is 19.5. The SMILES string of the molecule is CC(O)C(NC(=O)C1CSSC[C@H](NC(=O)C(Cc2ccccc2)NC(=O)CCCC(=O)NC23CNCCNCC(N)(CNCCNC2)NCCN3)C(=O)NC(Cc2ccc(O)cc2)C(=O)NC(Cc2c[nH]c3ccccc23)C(=O)NC(CCCCN)C(=O)NC(C(C)O)C(=O)N1)C(=O)O. The van der Waals surface area contributed by atoms with Crippen molar-refractivity contribution in [2.45, 2.75) is 144 Å². The van der Waals surface area contributed by atoms with Gasteiger partial charge in [0.15, 0.2) is 6.04 Å². The molecular formula is C66H98N18O14S2. The first-order valence-electron chi connectivity index (χ1n) is 33.7. The molecule has 3 saturated heterocycles. The molecule has 24 N–H and O–H groups in total. The number of nitrogens with one attached hydrogen (secondary N) is 16. The lowest BCUT2D eigenvalue weighted by Gasteiger charge is -2.39. The van der Waals surface area contributed by atoms with E-state index >= 15 is 14.4 Å². The maximum atomic E-state index is 15.2. The highest BCUT2D eigenvalue weighted by Gasteiger charge is 2.39. The first kappa shape index (κ1) is 79.3. The van der Waals surface area contributed by atoms with Crippen molar-refractivity contribution in [3.05, 3.63) is 102 Å². The Morgan fingerprint density at radius 3 is 1.89 bits per heavy atom. The summed E-state index contributed by atoms with van der Waals surface area (Å²) in [6, 6.07) is 8.82. The number of carboxylic acid groups (broad SMARTS) is 1. The molecule has 9 unspecified atom stereocenters. The zero-order chi connectivity index (χ0) is 72.2.